The molecule has 0 aliphatic carbocycles. The fourth-order valence-electron chi connectivity index (χ4n) is 0.602. The van der Waals surface area contributed by atoms with Gasteiger partial charge < -0.3 is 4.43 Å². The maximum Gasteiger partial charge on any atom is 0.366 e. The third-order valence-electron chi connectivity index (χ3n) is 0.968. The summed E-state index contributed by atoms with van der Waals surface area (Å²) < 4.78 is 4.57. The van der Waals surface area contributed by atoms with Gasteiger partial charge in [-0.1, -0.05) is 61.8 Å². The second kappa shape index (κ2) is 4.55. The number of hydrogen-bond donors (Lipinski definition) is 0. The van der Waals surface area contributed by atoms with Gasteiger partial charge in [0.2, 0.25) is 0 Å². The molecule has 0 heterocycles. The summed E-state index contributed by atoms with van der Waals surface area (Å²) in [6.07, 6.45) is 0. The van der Waals surface area contributed by atoms with Gasteiger partial charge >= 0.3 is 4.03 Å². The molecule has 1 aromatic carbocycles. The fourth-order valence-corrected chi connectivity index (χ4v) is 2.73. The summed E-state index contributed by atoms with van der Waals surface area (Å²) in [5.74, 6) is 0.989. The number of hydrogen-bond acceptors (Lipinski definition) is 1. The molecule has 0 unspecified atom stereocenters. The average molecular weight is 376 g/mol. The van der Waals surface area contributed by atoms with Gasteiger partial charge in [-0.3, -0.25) is 0 Å². The summed E-state index contributed by atoms with van der Waals surface area (Å²) in [7, 11) is 0. The maximum atomic E-state index is 5.53. The van der Waals surface area contributed by atoms with Crippen molar-refractivity contribution in [2.24, 2.45) is 0 Å². The zero-order valence-corrected chi connectivity index (χ0v) is 10.6. The quantitative estimate of drug-likeness (QED) is 0.438. The van der Waals surface area contributed by atoms with Crippen LogP contribution >= 0.6 is 43.6 Å². The number of halogens is 2. The third kappa shape index (κ3) is 3.20. The Balaban J connectivity index is 2.59. The van der Waals surface area contributed by atoms with Crippen LogP contribution in [0.4, 0.5) is 0 Å². The highest BCUT2D eigenvalue weighted by Gasteiger charge is 2.00. The SMILES string of the molecule is I[SiH](I)Oc1ccccc1. The highest BCUT2D eigenvalue weighted by molar-refractivity contribution is 14.3. The Morgan fingerprint density at radius 1 is 1.10 bits per heavy atom. The molecule has 0 bridgehead atoms. The van der Waals surface area contributed by atoms with Gasteiger partial charge in [0.05, 0.1) is 0 Å². The molecule has 0 fully saturated rings. The van der Waals surface area contributed by atoms with Gasteiger partial charge in [-0.2, -0.15) is 0 Å². The summed E-state index contributed by atoms with van der Waals surface area (Å²) in [6.45, 7) is 0. The van der Waals surface area contributed by atoms with Crippen molar-refractivity contribution in [3.05, 3.63) is 30.3 Å². The van der Waals surface area contributed by atoms with Crippen LogP contribution in [-0.4, -0.2) is 4.03 Å². The summed E-state index contributed by atoms with van der Waals surface area (Å²) >= 11 is 4.70. The van der Waals surface area contributed by atoms with Gasteiger partial charge in [-0.25, -0.2) is 0 Å². The predicted octanol–water partition coefficient (Wildman–Crippen LogP) is 2.65. The highest BCUT2D eigenvalue weighted by atomic mass is 127. The molecule has 0 saturated carbocycles. The minimum atomic E-state index is -0.957. The number of benzene rings is 1. The van der Waals surface area contributed by atoms with E-state index in [1.807, 2.05) is 30.3 Å². The molecule has 1 rings (SSSR count). The Morgan fingerprint density at radius 2 is 1.70 bits per heavy atom. The lowest BCUT2D eigenvalue weighted by Gasteiger charge is -2.04. The van der Waals surface area contributed by atoms with Gasteiger partial charge in [-0.05, 0) is 12.1 Å². The van der Waals surface area contributed by atoms with E-state index in [2.05, 4.69) is 43.6 Å². The van der Waals surface area contributed by atoms with Gasteiger partial charge in [0.25, 0.3) is 0 Å². The normalized spacial score (nSPS) is 9.90. The van der Waals surface area contributed by atoms with Crippen LogP contribution in [0.5, 0.6) is 5.75 Å². The van der Waals surface area contributed by atoms with Crippen LogP contribution in [0.1, 0.15) is 0 Å². The Labute approximate surface area is 87.3 Å². The molecule has 4 heteroatoms. The van der Waals surface area contributed by atoms with Gasteiger partial charge in [0.1, 0.15) is 5.75 Å². The van der Waals surface area contributed by atoms with Crippen molar-refractivity contribution >= 4 is 47.6 Å². The smallest absolute Gasteiger partial charge is 0.366 e. The minimum absolute atomic E-state index is 0.957. The molecule has 0 atom stereocenters. The summed E-state index contributed by atoms with van der Waals surface area (Å²) in [5.41, 5.74) is 0. The van der Waals surface area contributed by atoms with Crippen molar-refractivity contribution in [2.45, 2.75) is 0 Å². The van der Waals surface area contributed by atoms with E-state index in [1.165, 1.54) is 0 Å². The maximum absolute atomic E-state index is 5.53. The van der Waals surface area contributed by atoms with E-state index >= 15 is 0 Å². The Morgan fingerprint density at radius 3 is 2.20 bits per heavy atom. The molecule has 0 saturated heterocycles. The average Bonchev–Trinajstić information content (AvgIpc) is 1.88. The topological polar surface area (TPSA) is 9.23 Å². The van der Waals surface area contributed by atoms with Crippen LogP contribution in [0.3, 0.4) is 0 Å². The zero-order valence-electron chi connectivity index (χ0n) is 5.13. The van der Waals surface area contributed by atoms with Crippen molar-refractivity contribution in [1.29, 1.82) is 0 Å². The molecule has 0 amide bonds. The van der Waals surface area contributed by atoms with Crippen LogP contribution in [0.25, 0.3) is 0 Å². The number of rotatable bonds is 2. The monoisotopic (exact) mass is 376 g/mol. The molecule has 0 aromatic heterocycles. The van der Waals surface area contributed by atoms with Crippen LogP contribution < -0.4 is 4.43 Å². The van der Waals surface area contributed by atoms with Crippen molar-refractivity contribution in [1.82, 2.24) is 0 Å². The minimum Gasteiger partial charge on any atom is -0.528 e. The molecular weight excluding hydrogens is 370 g/mol. The van der Waals surface area contributed by atoms with E-state index in [-0.39, 0.29) is 0 Å². The van der Waals surface area contributed by atoms with Crippen molar-refractivity contribution in [3.8, 4) is 5.75 Å². The first-order valence-corrected chi connectivity index (χ1v) is 11.6. The second-order valence-corrected chi connectivity index (χ2v) is 16.4. The zero-order chi connectivity index (χ0) is 7.40. The Bertz CT molecular complexity index is 190. The van der Waals surface area contributed by atoms with Crippen LogP contribution in [0, 0.1) is 0 Å². The summed E-state index contributed by atoms with van der Waals surface area (Å²) in [5, 5.41) is 0. The van der Waals surface area contributed by atoms with E-state index in [1.54, 1.807) is 0 Å². The lowest BCUT2D eigenvalue weighted by molar-refractivity contribution is 0.611. The predicted molar refractivity (Wildman–Crippen MR) is 62.3 cm³/mol. The molecule has 0 aliphatic rings. The van der Waals surface area contributed by atoms with Gasteiger partial charge in [-0.15, -0.1) is 0 Å². The Hall–Kier alpha value is 0.697. The lowest BCUT2D eigenvalue weighted by atomic mass is 10.3. The molecule has 1 aromatic rings. The van der Waals surface area contributed by atoms with Gasteiger partial charge in [0, 0.05) is 0 Å². The van der Waals surface area contributed by atoms with E-state index in [0.29, 0.717) is 0 Å². The van der Waals surface area contributed by atoms with E-state index < -0.39 is 4.03 Å². The largest absolute Gasteiger partial charge is 0.528 e. The molecule has 0 aliphatic heterocycles. The fraction of sp³-hybridized carbons (Fsp3) is 0. The van der Waals surface area contributed by atoms with Crippen molar-refractivity contribution < 1.29 is 4.43 Å². The molecule has 0 spiro atoms. The molecule has 54 valence electrons. The molecular formula is C6H6I2OSi. The van der Waals surface area contributed by atoms with Crippen molar-refractivity contribution in [2.75, 3.05) is 0 Å². The molecule has 0 radical (unpaired) electrons. The summed E-state index contributed by atoms with van der Waals surface area (Å²) in [6, 6.07) is 9.93. The highest BCUT2D eigenvalue weighted by Crippen LogP contribution is 2.14. The van der Waals surface area contributed by atoms with Gasteiger partial charge in [0.15, 0.2) is 0 Å². The standard InChI is InChI=1S/C6H6I2OSi/c7-10(8)9-6-4-2-1-3-5-6/h1-5,10H. The Kier molecular flexibility index (Phi) is 4.00. The van der Waals surface area contributed by atoms with Crippen LogP contribution in [0.2, 0.25) is 0 Å². The molecule has 0 N–H and O–H groups in total. The van der Waals surface area contributed by atoms with E-state index in [4.69, 9.17) is 4.43 Å². The lowest BCUT2D eigenvalue weighted by Crippen LogP contribution is -2.02. The van der Waals surface area contributed by atoms with Crippen molar-refractivity contribution in [3.63, 3.8) is 0 Å². The molecule has 1 nitrogen and oxygen atoms in total. The second-order valence-electron chi connectivity index (χ2n) is 1.69. The van der Waals surface area contributed by atoms with E-state index in [9.17, 15) is 0 Å². The van der Waals surface area contributed by atoms with Crippen LogP contribution in [-0.2, 0) is 0 Å². The third-order valence-corrected chi connectivity index (χ3v) is 2.94. The summed E-state index contributed by atoms with van der Waals surface area (Å²) in [4.78, 5) is 0. The first-order valence-electron chi connectivity index (χ1n) is 2.79. The first kappa shape index (κ1) is 8.79. The van der Waals surface area contributed by atoms with E-state index in [0.717, 1.165) is 5.75 Å². The van der Waals surface area contributed by atoms with Crippen LogP contribution in [0.15, 0.2) is 30.3 Å². The first-order chi connectivity index (χ1) is 4.79. The number of para-hydroxylation sites is 1. The molecule has 10 heavy (non-hydrogen) atoms.